The van der Waals surface area contributed by atoms with E-state index >= 15 is 0 Å². The average Bonchev–Trinajstić information content (AvgIpc) is 2.89. The third-order valence-electron chi connectivity index (χ3n) is 1.80. The molecule has 2 heterocycles. The van der Waals surface area contributed by atoms with Crippen molar-refractivity contribution in [2.24, 2.45) is 0 Å². The maximum atomic E-state index is 10.9. The second-order valence-corrected chi connectivity index (χ2v) is 6.46. The lowest BCUT2D eigenvalue weighted by Gasteiger charge is -1.92. The van der Waals surface area contributed by atoms with Gasteiger partial charge in [-0.1, -0.05) is 0 Å². The quantitative estimate of drug-likeness (QED) is 0.480. The Morgan fingerprint density at radius 2 is 2.41 bits per heavy atom. The van der Waals surface area contributed by atoms with Crippen LogP contribution in [-0.4, -0.2) is 16.2 Å². The maximum Gasteiger partial charge on any atom is 0.294 e. The Labute approximate surface area is 109 Å². The summed E-state index contributed by atoms with van der Waals surface area (Å²) in [5.74, 6) is 0. The minimum atomic E-state index is -0.430. The molecule has 2 aromatic heterocycles. The van der Waals surface area contributed by atoms with Gasteiger partial charge in [-0.3, -0.25) is 10.1 Å². The summed E-state index contributed by atoms with van der Waals surface area (Å²) in [7, 11) is 0. The van der Waals surface area contributed by atoms with Crippen molar-refractivity contribution in [2.45, 2.75) is 15.0 Å². The number of carbonyl (C=O) groups is 1. The van der Waals surface area contributed by atoms with Crippen LogP contribution < -0.4 is 0 Å². The van der Waals surface area contributed by atoms with E-state index in [1.165, 1.54) is 40.5 Å². The molecule has 17 heavy (non-hydrogen) atoms. The number of hydrogen-bond acceptors (Lipinski definition) is 7. The molecule has 0 aliphatic rings. The summed E-state index contributed by atoms with van der Waals surface area (Å²) in [5.41, 5.74) is 0.0482. The van der Waals surface area contributed by atoms with E-state index in [0.717, 1.165) is 10.6 Å². The van der Waals surface area contributed by atoms with Crippen LogP contribution in [0.2, 0.25) is 0 Å². The fourth-order valence-corrected chi connectivity index (χ4v) is 4.30. The van der Waals surface area contributed by atoms with Crippen LogP contribution in [0.3, 0.4) is 0 Å². The molecule has 0 aliphatic heterocycles. The molecule has 2 rings (SSSR count). The number of carbonyl (C=O) groups excluding carboxylic acids is 1. The van der Waals surface area contributed by atoms with Crippen molar-refractivity contribution in [3.63, 3.8) is 0 Å². The molecule has 8 heteroatoms. The molecule has 0 aromatic carbocycles. The van der Waals surface area contributed by atoms with E-state index in [1.54, 1.807) is 6.20 Å². The van der Waals surface area contributed by atoms with E-state index in [9.17, 15) is 14.9 Å². The number of nitrogens with zero attached hydrogens (tertiary/aromatic N) is 2. The van der Waals surface area contributed by atoms with Crippen molar-refractivity contribution in [1.82, 2.24) is 4.98 Å². The molecule has 0 radical (unpaired) electrons. The molecule has 0 aliphatic carbocycles. The average molecular weight is 286 g/mol. The minimum Gasteiger partial charge on any atom is -0.303 e. The first-order valence-electron chi connectivity index (χ1n) is 4.49. The topological polar surface area (TPSA) is 73.1 Å². The van der Waals surface area contributed by atoms with E-state index in [-0.39, 0.29) is 12.1 Å². The van der Waals surface area contributed by atoms with E-state index in [2.05, 4.69) is 4.98 Å². The molecule has 0 saturated heterocycles. The van der Waals surface area contributed by atoms with Crippen molar-refractivity contribution < 1.29 is 9.72 Å². The van der Waals surface area contributed by atoms with Gasteiger partial charge in [-0.15, -0.1) is 22.7 Å². The van der Waals surface area contributed by atoms with Crippen molar-refractivity contribution in [3.8, 4) is 0 Å². The molecular formula is C9H6N2O3S3. The van der Waals surface area contributed by atoms with Crippen LogP contribution >= 0.6 is 34.4 Å². The molecule has 0 atom stereocenters. The number of aromatic nitrogens is 1. The molecule has 88 valence electrons. The highest BCUT2D eigenvalue weighted by Gasteiger charge is 2.20. The summed E-state index contributed by atoms with van der Waals surface area (Å²) in [5, 5.41) is 12.7. The molecule has 0 amide bonds. The second kappa shape index (κ2) is 5.39. The first-order chi connectivity index (χ1) is 8.20. The van der Waals surface area contributed by atoms with Gasteiger partial charge in [0, 0.05) is 28.9 Å². The highest BCUT2D eigenvalue weighted by Crippen LogP contribution is 2.41. The van der Waals surface area contributed by atoms with Gasteiger partial charge in [0.05, 0.1) is 4.92 Å². The number of thiazole rings is 1. The lowest BCUT2D eigenvalue weighted by molar-refractivity contribution is -0.387. The summed E-state index contributed by atoms with van der Waals surface area (Å²) in [4.78, 5) is 25.6. The smallest absolute Gasteiger partial charge is 0.294 e. The highest BCUT2D eigenvalue weighted by molar-refractivity contribution is 8.02. The SMILES string of the molecule is O=CCc1cc([N+](=O)[O-])c(Sc2nccs2)s1. The van der Waals surface area contributed by atoms with Crippen LogP contribution in [-0.2, 0) is 11.2 Å². The number of hydrogen-bond donors (Lipinski definition) is 0. The van der Waals surface area contributed by atoms with Crippen LogP contribution in [0, 0.1) is 10.1 Å². The van der Waals surface area contributed by atoms with Gasteiger partial charge in [0.15, 0.2) is 4.34 Å². The van der Waals surface area contributed by atoms with Crippen LogP contribution in [0.1, 0.15) is 4.88 Å². The third kappa shape index (κ3) is 2.90. The molecule has 2 aromatic rings. The Kier molecular flexibility index (Phi) is 3.87. The molecule has 0 fully saturated rings. The van der Waals surface area contributed by atoms with Crippen molar-refractivity contribution in [1.29, 1.82) is 0 Å². The fraction of sp³-hybridized carbons (Fsp3) is 0.111. The van der Waals surface area contributed by atoms with E-state index in [0.29, 0.717) is 9.09 Å². The number of rotatable bonds is 5. The predicted molar refractivity (Wildman–Crippen MR) is 67.0 cm³/mol. The highest BCUT2D eigenvalue weighted by atomic mass is 32.2. The van der Waals surface area contributed by atoms with Crippen LogP contribution in [0.4, 0.5) is 5.69 Å². The fourth-order valence-electron chi connectivity index (χ4n) is 1.14. The van der Waals surface area contributed by atoms with Crippen LogP contribution in [0.25, 0.3) is 0 Å². The Morgan fingerprint density at radius 1 is 1.59 bits per heavy atom. The van der Waals surface area contributed by atoms with Gasteiger partial charge in [-0.25, -0.2) is 4.98 Å². The van der Waals surface area contributed by atoms with Gasteiger partial charge < -0.3 is 4.79 Å². The zero-order valence-electron chi connectivity index (χ0n) is 8.36. The summed E-state index contributed by atoms with van der Waals surface area (Å²) in [6, 6.07) is 1.45. The van der Waals surface area contributed by atoms with Crippen LogP contribution in [0.5, 0.6) is 0 Å². The van der Waals surface area contributed by atoms with Crippen LogP contribution in [0.15, 0.2) is 26.2 Å². The zero-order valence-corrected chi connectivity index (χ0v) is 10.8. The normalized spacial score (nSPS) is 10.4. The first kappa shape index (κ1) is 12.2. The third-order valence-corrected chi connectivity index (χ3v) is 5.02. The summed E-state index contributed by atoms with van der Waals surface area (Å²) in [6.07, 6.45) is 2.61. The molecule has 0 bridgehead atoms. The van der Waals surface area contributed by atoms with Gasteiger partial charge in [0.2, 0.25) is 0 Å². The molecular weight excluding hydrogens is 280 g/mol. The monoisotopic (exact) mass is 286 g/mol. The van der Waals surface area contributed by atoms with Crippen molar-refractivity contribution in [2.75, 3.05) is 0 Å². The number of thiophene rings is 1. The van der Waals surface area contributed by atoms with Gasteiger partial charge in [0.1, 0.15) is 10.5 Å². The number of aldehydes is 1. The molecule has 5 nitrogen and oxygen atoms in total. The standard InChI is InChI=1S/C9H6N2O3S3/c12-3-1-6-5-7(11(13)14)8(16-6)17-9-10-2-4-15-9/h2-5H,1H2. The Morgan fingerprint density at radius 3 is 3.00 bits per heavy atom. The largest absolute Gasteiger partial charge is 0.303 e. The maximum absolute atomic E-state index is 10.9. The van der Waals surface area contributed by atoms with Gasteiger partial charge in [0.25, 0.3) is 5.69 Å². The Balaban J connectivity index is 2.30. The Bertz CT molecular complexity index is 536. The lowest BCUT2D eigenvalue weighted by Crippen LogP contribution is -1.86. The van der Waals surface area contributed by atoms with Gasteiger partial charge in [-0.05, 0) is 11.8 Å². The minimum absolute atomic E-state index is 0.0482. The summed E-state index contributed by atoms with van der Waals surface area (Å²) < 4.78 is 1.33. The zero-order chi connectivity index (χ0) is 12.3. The second-order valence-electron chi connectivity index (χ2n) is 2.91. The molecule has 0 unspecified atom stereocenters. The molecule has 0 saturated carbocycles. The molecule has 0 N–H and O–H groups in total. The van der Waals surface area contributed by atoms with Gasteiger partial charge >= 0.3 is 0 Å². The van der Waals surface area contributed by atoms with Crippen molar-refractivity contribution in [3.05, 3.63) is 32.6 Å². The van der Waals surface area contributed by atoms with E-state index in [1.807, 2.05) is 5.38 Å². The van der Waals surface area contributed by atoms with E-state index < -0.39 is 4.92 Å². The van der Waals surface area contributed by atoms with Crippen molar-refractivity contribution >= 4 is 46.4 Å². The first-order valence-corrected chi connectivity index (χ1v) is 7.00. The van der Waals surface area contributed by atoms with E-state index in [4.69, 9.17) is 0 Å². The van der Waals surface area contributed by atoms with Gasteiger partial charge in [-0.2, -0.15) is 0 Å². The molecule has 0 spiro atoms. The Hall–Kier alpha value is -1.25. The summed E-state index contributed by atoms with van der Waals surface area (Å²) >= 11 is 3.96. The lowest BCUT2D eigenvalue weighted by atomic mass is 10.3. The summed E-state index contributed by atoms with van der Waals surface area (Å²) in [6.45, 7) is 0. The number of nitro groups is 1. The predicted octanol–water partition coefficient (Wildman–Crippen LogP) is 3.01.